The highest BCUT2D eigenvalue weighted by atomic mass is 35.5. The number of benzene rings is 2. The molecule has 0 aliphatic heterocycles. The van der Waals surface area contributed by atoms with E-state index in [0.29, 0.717) is 5.02 Å². The van der Waals surface area contributed by atoms with Gasteiger partial charge < -0.3 is 5.32 Å². The second kappa shape index (κ2) is 7.84. The van der Waals surface area contributed by atoms with Crippen molar-refractivity contribution < 1.29 is 17.6 Å². The predicted octanol–water partition coefficient (Wildman–Crippen LogP) is 2.95. The molecule has 0 aliphatic carbocycles. The molecule has 0 aromatic heterocycles. The molecule has 0 spiro atoms. The third-order valence-electron chi connectivity index (χ3n) is 3.58. The lowest BCUT2D eigenvalue weighted by Crippen LogP contribution is -2.47. The van der Waals surface area contributed by atoms with E-state index in [-0.39, 0.29) is 12.2 Å². The van der Waals surface area contributed by atoms with E-state index in [9.17, 15) is 17.6 Å². The van der Waals surface area contributed by atoms with Crippen molar-refractivity contribution in [1.82, 2.24) is 5.32 Å². The molecular weight excluding hydrogens is 367 g/mol. The van der Waals surface area contributed by atoms with Crippen molar-refractivity contribution in [2.24, 2.45) is 0 Å². The molecule has 8 heteroatoms. The first-order valence-electron chi connectivity index (χ1n) is 7.46. The summed E-state index contributed by atoms with van der Waals surface area (Å²) in [5.41, 5.74) is 0.932. The largest absolute Gasteiger partial charge is 0.350 e. The quantitative estimate of drug-likeness (QED) is 0.832. The molecule has 1 N–H and O–H groups in total. The van der Waals surface area contributed by atoms with Crippen LogP contribution in [0.3, 0.4) is 0 Å². The third kappa shape index (κ3) is 4.93. The Kier molecular flexibility index (Phi) is 6.02. The molecule has 2 aromatic carbocycles. The molecule has 0 saturated carbocycles. The topological polar surface area (TPSA) is 66.5 Å². The molecule has 5 nitrogen and oxygen atoms in total. The van der Waals surface area contributed by atoms with E-state index in [0.717, 1.165) is 28.3 Å². The number of halogens is 2. The van der Waals surface area contributed by atoms with Gasteiger partial charge in [0.2, 0.25) is 15.9 Å². The maximum atomic E-state index is 13.1. The van der Waals surface area contributed by atoms with Crippen LogP contribution in [0.4, 0.5) is 10.1 Å². The van der Waals surface area contributed by atoms with Crippen LogP contribution in [0.5, 0.6) is 0 Å². The number of amides is 1. The fourth-order valence-electron chi connectivity index (χ4n) is 2.37. The van der Waals surface area contributed by atoms with E-state index < -0.39 is 27.8 Å². The van der Waals surface area contributed by atoms with E-state index in [1.807, 2.05) is 0 Å². The Morgan fingerprint density at radius 1 is 1.20 bits per heavy atom. The van der Waals surface area contributed by atoms with Crippen molar-refractivity contribution >= 4 is 33.2 Å². The molecule has 25 heavy (non-hydrogen) atoms. The average Bonchev–Trinajstić information content (AvgIpc) is 2.54. The number of carbonyl (C=O) groups is 1. The summed E-state index contributed by atoms with van der Waals surface area (Å²) in [4.78, 5) is 12.4. The van der Waals surface area contributed by atoms with Crippen LogP contribution in [0, 0.1) is 5.82 Å². The van der Waals surface area contributed by atoms with Crippen molar-refractivity contribution in [1.29, 1.82) is 0 Å². The van der Waals surface area contributed by atoms with Gasteiger partial charge in [-0.25, -0.2) is 12.8 Å². The number of nitrogens with zero attached hydrogens (tertiary/aromatic N) is 1. The number of hydrogen-bond donors (Lipinski definition) is 1. The van der Waals surface area contributed by atoms with Gasteiger partial charge in [-0.1, -0.05) is 29.8 Å². The Hall–Kier alpha value is -2.12. The van der Waals surface area contributed by atoms with Crippen LogP contribution in [0.2, 0.25) is 5.02 Å². The van der Waals surface area contributed by atoms with Gasteiger partial charge in [0.05, 0.1) is 11.9 Å². The van der Waals surface area contributed by atoms with Crippen LogP contribution < -0.4 is 9.62 Å². The van der Waals surface area contributed by atoms with Crippen LogP contribution in [-0.2, 0) is 21.4 Å². The minimum atomic E-state index is -3.74. The Morgan fingerprint density at radius 2 is 1.80 bits per heavy atom. The molecule has 0 aliphatic rings. The van der Waals surface area contributed by atoms with Crippen molar-refractivity contribution in [2.45, 2.75) is 19.5 Å². The number of rotatable bonds is 6. The highest BCUT2D eigenvalue weighted by Crippen LogP contribution is 2.21. The number of nitrogens with one attached hydrogen (secondary N) is 1. The zero-order valence-electron chi connectivity index (χ0n) is 13.7. The first-order chi connectivity index (χ1) is 11.7. The first-order valence-corrected chi connectivity index (χ1v) is 9.69. The Labute approximate surface area is 151 Å². The molecule has 134 valence electrons. The monoisotopic (exact) mass is 384 g/mol. The van der Waals surface area contributed by atoms with Gasteiger partial charge >= 0.3 is 0 Å². The maximum Gasteiger partial charge on any atom is 0.243 e. The van der Waals surface area contributed by atoms with Crippen LogP contribution in [0.1, 0.15) is 12.5 Å². The van der Waals surface area contributed by atoms with Gasteiger partial charge in [-0.3, -0.25) is 9.10 Å². The average molecular weight is 385 g/mol. The van der Waals surface area contributed by atoms with Crippen LogP contribution >= 0.6 is 11.6 Å². The second-order valence-electron chi connectivity index (χ2n) is 5.52. The summed E-state index contributed by atoms with van der Waals surface area (Å²) in [5.74, 6) is -0.984. The Bertz CT molecular complexity index is 856. The minimum Gasteiger partial charge on any atom is -0.350 e. The SMILES string of the molecule is C[C@H](C(=O)NCc1ccccc1Cl)N(c1ccc(F)cc1)S(C)(=O)=O. The minimum absolute atomic E-state index is 0.171. The molecule has 0 unspecified atom stereocenters. The van der Waals surface area contributed by atoms with Gasteiger partial charge in [-0.15, -0.1) is 0 Å². The fraction of sp³-hybridized carbons (Fsp3) is 0.235. The zero-order chi connectivity index (χ0) is 18.6. The molecule has 2 aromatic rings. The van der Waals surface area contributed by atoms with Crippen LogP contribution in [-0.4, -0.2) is 26.6 Å². The number of hydrogen-bond acceptors (Lipinski definition) is 3. The lowest BCUT2D eigenvalue weighted by atomic mass is 10.2. The molecule has 0 fully saturated rings. The first kappa shape index (κ1) is 19.2. The summed E-state index contributed by atoms with van der Waals surface area (Å²) in [5, 5.41) is 3.18. The second-order valence-corrected chi connectivity index (χ2v) is 7.79. The molecule has 1 atom stereocenters. The predicted molar refractivity (Wildman–Crippen MR) is 96.5 cm³/mol. The van der Waals surface area contributed by atoms with Gasteiger partial charge in [0.15, 0.2) is 0 Å². The summed E-state index contributed by atoms with van der Waals surface area (Å²) in [6.45, 7) is 1.64. The Morgan fingerprint density at radius 3 is 2.36 bits per heavy atom. The third-order valence-corrected chi connectivity index (χ3v) is 5.19. The van der Waals surface area contributed by atoms with Gasteiger partial charge in [0.1, 0.15) is 11.9 Å². The zero-order valence-corrected chi connectivity index (χ0v) is 15.3. The maximum absolute atomic E-state index is 13.1. The van der Waals surface area contributed by atoms with Crippen LogP contribution in [0.25, 0.3) is 0 Å². The lowest BCUT2D eigenvalue weighted by molar-refractivity contribution is -0.122. The van der Waals surface area contributed by atoms with Gasteiger partial charge in [-0.05, 0) is 42.8 Å². The van der Waals surface area contributed by atoms with Crippen molar-refractivity contribution in [3.8, 4) is 0 Å². The number of carbonyl (C=O) groups excluding carboxylic acids is 1. The van der Waals surface area contributed by atoms with Crippen molar-refractivity contribution in [3.05, 3.63) is 64.9 Å². The molecule has 1 amide bonds. The highest BCUT2D eigenvalue weighted by molar-refractivity contribution is 7.92. The molecule has 0 radical (unpaired) electrons. The number of anilines is 1. The summed E-state index contributed by atoms with van der Waals surface area (Å²) in [7, 11) is -3.74. The Balaban J connectivity index is 2.18. The number of sulfonamides is 1. The molecule has 0 bridgehead atoms. The molecule has 2 rings (SSSR count). The summed E-state index contributed by atoms with van der Waals surface area (Å²) in [6, 6.07) is 10.9. The smallest absolute Gasteiger partial charge is 0.243 e. The van der Waals surface area contributed by atoms with E-state index in [1.54, 1.807) is 24.3 Å². The summed E-state index contributed by atoms with van der Waals surface area (Å²) in [6.07, 6.45) is 0.994. The van der Waals surface area contributed by atoms with Gasteiger partial charge in [0, 0.05) is 11.6 Å². The molecule has 0 saturated heterocycles. The standard InChI is InChI=1S/C17H18ClFN2O3S/c1-12(17(22)20-11-13-5-3-4-6-16(13)18)21(25(2,23)24)15-9-7-14(19)8-10-15/h3-10,12H,11H2,1-2H3,(H,20,22)/t12-/m1/s1. The van der Waals surface area contributed by atoms with Crippen molar-refractivity contribution in [3.63, 3.8) is 0 Å². The fourth-order valence-corrected chi connectivity index (χ4v) is 3.75. The molecular formula is C17H18ClFN2O3S. The van der Waals surface area contributed by atoms with Gasteiger partial charge in [-0.2, -0.15) is 0 Å². The normalized spacial score (nSPS) is 12.5. The van der Waals surface area contributed by atoms with E-state index in [1.165, 1.54) is 19.1 Å². The van der Waals surface area contributed by atoms with Gasteiger partial charge in [0.25, 0.3) is 0 Å². The van der Waals surface area contributed by atoms with E-state index in [4.69, 9.17) is 11.6 Å². The van der Waals surface area contributed by atoms with E-state index in [2.05, 4.69) is 5.32 Å². The van der Waals surface area contributed by atoms with Crippen LogP contribution in [0.15, 0.2) is 48.5 Å². The van der Waals surface area contributed by atoms with Crippen molar-refractivity contribution in [2.75, 3.05) is 10.6 Å². The summed E-state index contributed by atoms with van der Waals surface area (Å²) < 4.78 is 38.3. The lowest BCUT2D eigenvalue weighted by Gasteiger charge is -2.28. The van der Waals surface area contributed by atoms with E-state index >= 15 is 0 Å². The summed E-state index contributed by atoms with van der Waals surface area (Å²) >= 11 is 6.04. The molecule has 0 heterocycles. The highest BCUT2D eigenvalue weighted by Gasteiger charge is 2.29.